The molecule has 2 unspecified atom stereocenters. The van der Waals surface area contributed by atoms with E-state index in [1.165, 1.54) is 6.07 Å². The van der Waals surface area contributed by atoms with Gasteiger partial charge in [0.25, 0.3) is 0 Å². The summed E-state index contributed by atoms with van der Waals surface area (Å²) >= 11 is 0. The molecule has 0 saturated heterocycles. The molecule has 0 aliphatic carbocycles. The summed E-state index contributed by atoms with van der Waals surface area (Å²) in [5.74, 6) is 0.427. The van der Waals surface area contributed by atoms with Crippen molar-refractivity contribution in [2.24, 2.45) is 5.92 Å². The van der Waals surface area contributed by atoms with Gasteiger partial charge in [-0.15, -0.1) is 0 Å². The van der Waals surface area contributed by atoms with Crippen molar-refractivity contribution in [3.05, 3.63) is 35.6 Å². The van der Waals surface area contributed by atoms with E-state index in [2.05, 4.69) is 19.2 Å². The average molecular weight is 209 g/mol. The van der Waals surface area contributed by atoms with E-state index in [-0.39, 0.29) is 5.82 Å². The summed E-state index contributed by atoms with van der Waals surface area (Å²) in [6, 6.07) is 7.37. The zero-order valence-corrected chi connectivity index (χ0v) is 9.76. The summed E-state index contributed by atoms with van der Waals surface area (Å²) in [7, 11) is 1.97. The summed E-state index contributed by atoms with van der Waals surface area (Å²) in [6.45, 7) is 4.35. The van der Waals surface area contributed by atoms with E-state index >= 15 is 0 Å². The van der Waals surface area contributed by atoms with Gasteiger partial charge < -0.3 is 5.32 Å². The number of nitrogens with one attached hydrogen (secondary N) is 1. The lowest BCUT2D eigenvalue weighted by molar-refractivity contribution is 0.381. The Bertz CT molecular complexity index is 298. The fourth-order valence-corrected chi connectivity index (χ4v) is 1.88. The van der Waals surface area contributed by atoms with Gasteiger partial charge in [0.2, 0.25) is 0 Å². The summed E-state index contributed by atoms with van der Waals surface area (Å²) < 4.78 is 13.0. The van der Waals surface area contributed by atoms with Crippen LogP contribution in [0.2, 0.25) is 0 Å². The highest BCUT2D eigenvalue weighted by Gasteiger charge is 2.14. The summed E-state index contributed by atoms with van der Waals surface area (Å²) in [4.78, 5) is 0. The molecule has 0 radical (unpaired) electrons. The van der Waals surface area contributed by atoms with E-state index < -0.39 is 0 Å². The molecule has 2 heteroatoms. The molecule has 0 saturated carbocycles. The monoisotopic (exact) mass is 209 g/mol. The van der Waals surface area contributed by atoms with Crippen molar-refractivity contribution in [3.63, 3.8) is 0 Å². The molecule has 0 heterocycles. The van der Waals surface area contributed by atoms with Gasteiger partial charge >= 0.3 is 0 Å². The van der Waals surface area contributed by atoms with Crippen LogP contribution in [0, 0.1) is 11.7 Å². The molecule has 1 aromatic carbocycles. The third-order valence-electron chi connectivity index (χ3n) is 3.07. The van der Waals surface area contributed by atoms with Crippen LogP contribution in [-0.4, -0.2) is 13.1 Å². The maximum atomic E-state index is 13.0. The van der Waals surface area contributed by atoms with Gasteiger partial charge in [0, 0.05) is 6.04 Å². The Morgan fingerprint density at radius 1 is 1.40 bits per heavy atom. The zero-order valence-electron chi connectivity index (χ0n) is 9.76. The van der Waals surface area contributed by atoms with Crippen LogP contribution in [0.3, 0.4) is 0 Å². The number of halogens is 1. The van der Waals surface area contributed by atoms with Gasteiger partial charge in [-0.05, 0) is 44.0 Å². The van der Waals surface area contributed by atoms with Crippen molar-refractivity contribution >= 4 is 0 Å². The second kappa shape index (κ2) is 5.86. The summed E-state index contributed by atoms with van der Waals surface area (Å²) in [5, 5.41) is 3.26. The minimum Gasteiger partial charge on any atom is -0.317 e. The first-order chi connectivity index (χ1) is 7.17. The van der Waals surface area contributed by atoms with Crippen LogP contribution in [0.5, 0.6) is 0 Å². The van der Waals surface area contributed by atoms with Gasteiger partial charge in [0.1, 0.15) is 5.82 Å². The van der Waals surface area contributed by atoms with E-state index in [1.54, 1.807) is 12.1 Å². The second-order valence-electron chi connectivity index (χ2n) is 4.08. The maximum absolute atomic E-state index is 13.0. The van der Waals surface area contributed by atoms with Crippen molar-refractivity contribution in [1.29, 1.82) is 0 Å². The molecule has 15 heavy (non-hydrogen) atoms. The topological polar surface area (TPSA) is 12.0 Å². The Morgan fingerprint density at radius 3 is 2.67 bits per heavy atom. The van der Waals surface area contributed by atoms with Crippen LogP contribution in [-0.2, 0) is 6.42 Å². The number of hydrogen-bond donors (Lipinski definition) is 1. The van der Waals surface area contributed by atoms with E-state index in [9.17, 15) is 4.39 Å². The molecule has 0 aromatic heterocycles. The zero-order chi connectivity index (χ0) is 11.3. The molecule has 0 aliphatic rings. The van der Waals surface area contributed by atoms with Gasteiger partial charge in [0.05, 0.1) is 0 Å². The van der Waals surface area contributed by atoms with Gasteiger partial charge in [-0.1, -0.05) is 25.5 Å². The fourth-order valence-electron chi connectivity index (χ4n) is 1.88. The van der Waals surface area contributed by atoms with E-state index in [0.717, 1.165) is 18.4 Å². The molecular weight excluding hydrogens is 189 g/mol. The first kappa shape index (κ1) is 12.2. The van der Waals surface area contributed by atoms with Crippen molar-refractivity contribution in [2.75, 3.05) is 7.05 Å². The molecule has 0 fully saturated rings. The first-order valence-corrected chi connectivity index (χ1v) is 5.59. The predicted molar refractivity (Wildman–Crippen MR) is 62.4 cm³/mol. The number of rotatable bonds is 5. The molecular formula is C13H20FN. The first-order valence-electron chi connectivity index (χ1n) is 5.59. The highest BCUT2D eigenvalue weighted by molar-refractivity contribution is 5.17. The normalized spacial score (nSPS) is 14.9. The number of hydrogen-bond acceptors (Lipinski definition) is 1. The Balaban J connectivity index is 2.66. The van der Waals surface area contributed by atoms with E-state index in [4.69, 9.17) is 0 Å². The molecule has 0 spiro atoms. The lowest BCUT2D eigenvalue weighted by Gasteiger charge is -2.22. The molecule has 1 rings (SSSR count). The quantitative estimate of drug-likeness (QED) is 0.786. The van der Waals surface area contributed by atoms with Crippen molar-refractivity contribution < 1.29 is 4.39 Å². The SMILES string of the molecule is CCC(Cc1cccc(F)c1)C(C)NC. The Labute approximate surface area is 91.7 Å². The molecule has 1 aromatic rings. The van der Waals surface area contributed by atoms with Crippen LogP contribution in [0.25, 0.3) is 0 Å². The van der Waals surface area contributed by atoms with Gasteiger partial charge in [0.15, 0.2) is 0 Å². The Hall–Kier alpha value is -0.890. The second-order valence-corrected chi connectivity index (χ2v) is 4.08. The lowest BCUT2D eigenvalue weighted by Crippen LogP contribution is -2.31. The van der Waals surface area contributed by atoms with E-state index in [1.807, 2.05) is 13.1 Å². The molecule has 1 nitrogen and oxygen atoms in total. The van der Waals surface area contributed by atoms with E-state index in [0.29, 0.717) is 12.0 Å². The van der Waals surface area contributed by atoms with Crippen LogP contribution in [0.15, 0.2) is 24.3 Å². The minimum atomic E-state index is -0.139. The molecule has 1 N–H and O–H groups in total. The predicted octanol–water partition coefficient (Wildman–Crippen LogP) is 3.00. The molecule has 0 aliphatic heterocycles. The van der Waals surface area contributed by atoms with Crippen molar-refractivity contribution in [2.45, 2.75) is 32.7 Å². The maximum Gasteiger partial charge on any atom is 0.123 e. The summed E-state index contributed by atoms with van der Waals surface area (Å²) in [6.07, 6.45) is 2.05. The van der Waals surface area contributed by atoms with Gasteiger partial charge in [-0.2, -0.15) is 0 Å². The van der Waals surface area contributed by atoms with Crippen LogP contribution >= 0.6 is 0 Å². The van der Waals surface area contributed by atoms with Crippen molar-refractivity contribution in [1.82, 2.24) is 5.32 Å². The van der Waals surface area contributed by atoms with Crippen LogP contribution in [0.4, 0.5) is 4.39 Å². The smallest absolute Gasteiger partial charge is 0.123 e. The molecule has 0 bridgehead atoms. The fraction of sp³-hybridized carbons (Fsp3) is 0.538. The molecule has 84 valence electrons. The highest BCUT2D eigenvalue weighted by atomic mass is 19.1. The third-order valence-corrected chi connectivity index (χ3v) is 3.07. The van der Waals surface area contributed by atoms with Gasteiger partial charge in [-0.25, -0.2) is 4.39 Å². The van der Waals surface area contributed by atoms with Crippen LogP contribution in [0.1, 0.15) is 25.8 Å². The largest absolute Gasteiger partial charge is 0.317 e. The summed E-state index contributed by atoms with van der Waals surface area (Å²) in [5.41, 5.74) is 1.09. The standard InChI is InChI=1S/C13H20FN/c1-4-12(10(2)15-3)8-11-6-5-7-13(14)9-11/h5-7,9-10,12,15H,4,8H2,1-3H3. The highest BCUT2D eigenvalue weighted by Crippen LogP contribution is 2.16. The average Bonchev–Trinajstić information content (AvgIpc) is 2.25. The Kier molecular flexibility index (Phi) is 4.76. The number of benzene rings is 1. The Morgan fingerprint density at radius 2 is 2.13 bits per heavy atom. The third kappa shape index (κ3) is 3.63. The van der Waals surface area contributed by atoms with Gasteiger partial charge in [-0.3, -0.25) is 0 Å². The van der Waals surface area contributed by atoms with Crippen molar-refractivity contribution in [3.8, 4) is 0 Å². The molecule has 0 amide bonds. The molecule has 2 atom stereocenters. The minimum absolute atomic E-state index is 0.139. The lowest BCUT2D eigenvalue weighted by atomic mass is 9.91. The van der Waals surface area contributed by atoms with Crippen LogP contribution < -0.4 is 5.32 Å².